The smallest absolute Gasteiger partial charge is 0.336 e. The Labute approximate surface area is 148 Å². The third-order valence-corrected chi connectivity index (χ3v) is 4.91. The molecule has 0 bridgehead atoms. The van der Waals surface area contributed by atoms with Crippen molar-refractivity contribution in [3.63, 3.8) is 0 Å². The number of benzene rings is 2. The van der Waals surface area contributed by atoms with Gasteiger partial charge in [0.15, 0.2) is 0 Å². The number of rotatable bonds is 4. The molecular formula is C22H23NO2. The predicted molar refractivity (Wildman–Crippen MR) is 102 cm³/mol. The summed E-state index contributed by atoms with van der Waals surface area (Å²) in [5, 5.41) is 10.4. The van der Waals surface area contributed by atoms with Crippen LogP contribution in [0.25, 0.3) is 22.2 Å². The van der Waals surface area contributed by atoms with E-state index in [1.54, 1.807) is 6.07 Å². The Kier molecular flexibility index (Phi) is 4.58. The van der Waals surface area contributed by atoms with Gasteiger partial charge >= 0.3 is 5.97 Å². The van der Waals surface area contributed by atoms with Crippen LogP contribution in [0.3, 0.4) is 0 Å². The summed E-state index contributed by atoms with van der Waals surface area (Å²) in [6, 6.07) is 13.8. The third-order valence-electron chi connectivity index (χ3n) is 4.91. The molecule has 0 aliphatic carbocycles. The quantitative estimate of drug-likeness (QED) is 0.663. The Balaban J connectivity index is 2.27. The van der Waals surface area contributed by atoms with Crippen LogP contribution in [0.5, 0.6) is 0 Å². The number of carboxylic acid groups (broad SMARTS) is 1. The first-order chi connectivity index (χ1) is 11.9. The number of aromatic carboxylic acids is 1. The molecule has 3 aromatic rings. The Bertz CT molecular complexity index is 960. The SMILES string of the molecule is CCC(C)c1ccc2nc(-c3cc(C)ccc3C)cc(C(=O)O)c2c1. The molecule has 0 aliphatic heterocycles. The topological polar surface area (TPSA) is 50.2 Å². The van der Waals surface area contributed by atoms with Gasteiger partial charge in [0, 0.05) is 10.9 Å². The van der Waals surface area contributed by atoms with E-state index >= 15 is 0 Å². The molecule has 0 spiro atoms. The molecule has 1 aromatic heterocycles. The average Bonchev–Trinajstić information content (AvgIpc) is 2.61. The number of pyridine rings is 1. The summed E-state index contributed by atoms with van der Waals surface area (Å²) in [6.45, 7) is 8.34. The van der Waals surface area contributed by atoms with Gasteiger partial charge in [-0.15, -0.1) is 0 Å². The molecule has 2 aromatic carbocycles. The van der Waals surface area contributed by atoms with Gasteiger partial charge in [-0.05, 0) is 61.6 Å². The molecule has 0 fully saturated rings. The van der Waals surface area contributed by atoms with Gasteiger partial charge < -0.3 is 5.11 Å². The molecule has 1 unspecified atom stereocenters. The van der Waals surface area contributed by atoms with E-state index in [0.717, 1.165) is 34.2 Å². The minimum Gasteiger partial charge on any atom is -0.478 e. The van der Waals surface area contributed by atoms with Crippen molar-refractivity contribution < 1.29 is 9.90 Å². The molecule has 1 heterocycles. The molecule has 1 atom stereocenters. The van der Waals surface area contributed by atoms with Crippen LogP contribution in [-0.2, 0) is 0 Å². The van der Waals surface area contributed by atoms with Crippen LogP contribution in [-0.4, -0.2) is 16.1 Å². The molecule has 3 rings (SSSR count). The number of hydrogen-bond donors (Lipinski definition) is 1. The zero-order chi connectivity index (χ0) is 18.1. The van der Waals surface area contributed by atoms with Gasteiger partial charge in [-0.2, -0.15) is 0 Å². The van der Waals surface area contributed by atoms with Crippen molar-refractivity contribution >= 4 is 16.9 Å². The molecule has 0 saturated heterocycles. The number of aryl methyl sites for hydroxylation is 2. The van der Waals surface area contributed by atoms with Gasteiger partial charge in [-0.3, -0.25) is 0 Å². The second-order valence-corrected chi connectivity index (χ2v) is 6.76. The van der Waals surface area contributed by atoms with Crippen LogP contribution in [0.1, 0.15) is 53.2 Å². The molecule has 1 N–H and O–H groups in total. The normalized spacial score (nSPS) is 12.3. The summed E-state index contributed by atoms with van der Waals surface area (Å²) in [5.74, 6) is -0.523. The standard InChI is InChI=1S/C22H23NO2/c1-5-14(3)16-8-9-20-18(11-16)19(22(24)25)12-21(23-20)17-10-13(2)6-7-15(17)4/h6-12,14H,5H2,1-4H3,(H,24,25). The average molecular weight is 333 g/mol. The lowest BCUT2D eigenvalue weighted by Crippen LogP contribution is -2.02. The van der Waals surface area contributed by atoms with Crippen molar-refractivity contribution in [3.8, 4) is 11.3 Å². The summed E-state index contributed by atoms with van der Waals surface area (Å²) in [5.41, 5.74) is 6.10. The monoisotopic (exact) mass is 333 g/mol. The van der Waals surface area contributed by atoms with Crippen molar-refractivity contribution in [3.05, 3.63) is 64.7 Å². The first kappa shape index (κ1) is 17.2. The van der Waals surface area contributed by atoms with Gasteiger partial charge in [0.2, 0.25) is 0 Å². The molecule has 128 valence electrons. The van der Waals surface area contributed by atoms with Crippen LogP contribution in [0.4, 0.5) is 0 Å². The van der Waals surface area contributed by atoms with Gasteiger partial charge in [-0.25, -0.2) is 9.78 Å². The number of fused-ring (bicyclic) bond motifs is 1. The highest BCUT2D eigenvalue weighted by molar-refractivity contribution is 6.04. The summed E-state index contributed by atoms with van der Waals surface area (Å²) in [6.07, 6.45) is 1.02. The second-order valence-electron chi connectivity index (χ2n) is 6.76. The van der Waals surface area contributed by atoms with E-state index in [4.69, 9.17) is 4.98 Å². The zero-order valence-electron chi connectivity index (χ0n) is 15.1. The molecule has 25 heavy (non-hydrogen) atoms. The van der Waals surface area contributed by atoms with Crippen LogP contribution >= 0.6 is 0 Å². The summed E-state index contributed by atoms with van der Waals surface area (Å²) >= 11 is 0. The van der Waals surface area contributed by atoms with Crippen molar-refractivity contribution in [2.45, 2.75) is 40.0 Å². The number of carbonyl (C=O) groups is 1. The molecule has 3 heteroatoms. The number of hydrogen-bond acceptors (Lipinski definition) is 2. The van der Waals surface area contributed by atoms with Crippen molar-refractivity contribution in [1.29, 1.82) is 0 Å². The number of carboxylic acids is 1. The lowest BCUT2D eigenvalue weighted by Gasteiger charge is -2.13. The maximum atomic E-state index is 11.9. The van der Waals surface area contributed by atoms with Crippen LogP contribution in [0, 0.1) is 13.8 Å². The zero-order valence-corrected chi connectivity index (χ0v) is 15.1. The second kappa shape index (κ2) is 6.67. The minimum absolute atomic E-state index is 0.311. The molecule has 0 aliphatic rings. The van der Waals surface area contributed by atoms with E-state index in [0.29, 0.717) is 22.6 Å². The third kappa shape index (κ3) is 3.27. The first-order valence-corrected chi connectivity index (χ1v) is 8.66. The van der Waals surface area contributed by atoms with Crippen LogP contribution in [0.2, 0.25) is 0 Å². The molecule has 0 radical (unpaired) electrons. The lowest BCUT2D eigenvalue weighted by molar-refractivity contribution is 0.0699. The van der Waals surface area contributed by atoms with E-state index in [1.165, 1.54) is 0 Å². The number of aromatic nitrogens is 1. The molecule has 0 saturated carbocycles. The van der Waals surface area contributed by atoms with Crippen molar-refractivity contribution in [2.75, 3.05) is 0 Å². The molecule has 3 nitrogen and oxygen atoms in total. The van der Waals surface area contributed by atoms with E-state index in [9.17, 15) is 9.90 Å². The first-order valence-electron chi connectivity index (χ1n) is 8.66. The fourth-order valence-electron chi connectivity index (χ4n) is 3.11. The Morgan fingerprint density at radius 2 is 1.88 bits per heavy atom. The summed E-state index contributed by atoms with van der Waals surface area (Å²) in [4.78, 5) is 16.6. The maximum Gasteiger partial charge on any atom is 0.336 e. The Morgan fingerprint density at radius 1 is 1.12 bits per heavy atom. The summed E-state index contributed by atoms with van der Waals surface area (Å²) < 4.78 is 0. The Morgan fingerprint density at radius 3 is 2.56 bits per heavy atom. The highest BCUT2D eigenvalue weighted by atomic mass is 16.4. The molecular weight excluding hydrogens is 310 g/mol. The number of nitrogens with zero attached hydrogens (tertiary/aromatic N) is 1. The Hall–Kier alpha value is -2.68. The highest BCUT2D eigenvalue weighted by Crippen LogP contribution is 2.30. The van der Waals surface area contributed by atoms with Gasteiger partial charge in [0.1, 0.15) is 0 Å². The highest BCUT2D eigenvalue weighted by Gasteiger charge is 2.15. The van der Waals surface area contributed by atoms with E-state index in [1.807, 2.05) is 32.0 Å². The minimum atomic E-state index is -0.916. The van der Waals surface area contributed by atoms with E-state index in [-0.39, 0.29) is 0 Å². The van der Waals surface area contributed by atoms with Crippen LogP contribution in [0.15, 0.2) is 42.5 Å². The van der Waals surface area contributed by atoms with E-state index < -0.39 is 5.97 Å². The van der Waals surface area contributed by atoms with Crippen molar-refractivity contribution in [2.24, 2.45) is 0 Å². The van der Waals surface area contributed by atoms with Gasteiger partial charge in [0.25, 0.3) is 0 Å². The fourth-order valence-corrected chi connectivity index (χ4v) is 3.11. The van der Waals surface area contributed by atoms with E-state index in [2.05, 4.69) is 32.0 Å². The predicted octanol–water partition coefficient (Wildman–Crippen LogP) is 5.73. The van der Waals surface area contributed by atoms with Gasteiger partial charge in [0.05, 0.1) is 16.8 Å². The molecule has 0 amide bonds. The summed E-state index contributed by atoms with van der Waals surface area (Å²) in [7, 11) is 0. The largest absolute Gasteiger partial charge is 0.478 e. The maximum absolute atomic E-state index is 11.9. The van der Waals surface area contributed by atoms with Crippen LogP contribution < -0.4 is 0 Å². The van der Waals surface area contributed by atoms with Gasteiger partial charge in [-0.1, -0.05) is 37.6 Å². The lowest BCUT2D eigenvalue weighted by atomic mass is 9.94. The fraction of sp³-hybridized carbons (Fsp3) is 0.273. The van der Waals surface area contributed by atoms with Crippen molar-refractivity contribution in [1.82, 2.24) is 4.98 Å².